The van der Waals surface area contributed by atoms with Gasteiger partial charge in [-0.05, 0) is 50.4 Å². The Hall–Kier alpha value is -1.59. The summed E-state index contributed by atoms with van der Waals surface area (Å²) in [5.74, 6) is -1.19. The van der Waals surface area contributed by atoms with Gasteiger partial charge in [-0.3, -0.25) is 9.59 Å². The van der Waals surface area contributed by atoms with Crippen molar-refractivity contribution in [1.82, 2.24) is 0 Å². The number of rotatable bonds is 5. The van der Waals surface area contributed by atoms with E-state index in [1.807, 2.05) is 0 Å². The van der Waals surface area contributed by atoms with Crippen LogP contribution < -0.4 is 0 Å². The van der Waals surface area contributed by atoms with Gasteiger partial charge >= 0.3 is 17.9 Å². The quantitative estimate of drug-likeness (QED) is 0.521. The lowest BCUT2D eigenvalue weighted by Crippen LogP contribution is -2.47. The Balaban J connectivity index is 1.63. The molecule has 2 bridgehead atoms. The van der Waals surface area contributed by atoms with E-state index in [0.29, 0.717) is 25.7 Å². The van der Waals surface area contributed by atoms with Gasteiger partial charge in [-0.15, -0.1) is 0 Å². The van der Waals surface area contributed by atoms with Crippen molar-refractivity contribution in [3.63, 3.8) is 0 Å². The minimum absolute atomic E-state index is 0.0188. The lowest BCUT2D eigenvalue weighted by molar-refractivity contribution is -0.191. The average molecular weight is 395 g/mol. The van der Waals surface area contributed by atoms with Gasteiger partial charge < -0.3 is 14.2 Å². The fourth-order valence-corrected chi connectivity index (χ4v) is 4.96. The molecular weight excluding hydrogens is 360 g/mol. The molecule has 0 aromatic rings. The topological polar surface area (TPSA) is 78.9 Å². The first kappa shape index (κ1) is 21.1. The van der Waals surface area contributed by atoms with Crippen molar-refractivity contribution in [2.24, 2.45) is 22.2 Å². The lowest BCUT2D eigenvalue weighted by Gasteiger charge is -2.37. The van der Waals surface area contributed by atoms with Gasteiger partial charge in [0, 0.05) is 6.42 Å². The van der Waals surface area contributed by atoms with Crippen LogP contribution in [0.4, 0.5) is 0 Å². The number of hydrogen-bond acceptors (Lipinski definition) is 6. The summed E-state index contributed by atoms with van der Waals surface area (Å²) < 4.78 is 16.7. The van der Waals surface area contributed by atoms with Gasteiger partial charge in [0.05, 0.1) is 11.3 Å². The molecule has 0 aromatic carbocycles. The van der Waals surface area contributed by atoms with Crippen molar-refractivity contribution in [2.75, 3.05) is 0 Å². The van der Waals surface area contributed by atoms with E-state index < -0.39 is 29.2 Å². The number of carbonyl (C=O) groups is 3. The van der Waals surface area contributed by atoms with E-state index in [1.165, 1.54) is 0 Å². The van der Waals surface area contributed by atoms with Crippen molar-refractivity contribution in [3.8, 4) is 0 Å². The molecule has 0 aromatic heterocycles. The molecule has 3 fully saturated rings. The van der Waals surface area contributed by atoms with E-state index in [4.69, 9.17) is 14.2 Å². The lowest BCUT2D eigenvalue weighted by atomic mass is 9.79. The second kappa shape index (κ2) is 6.46. The molecule has 28 heavy (non-hydrogen) atoms. The summed E-state index contributed by atoms with van der Waals surface area (Å²) in [5, 5.41) is 0. The summed E-state index contributed by atoms with van der Waals surface area (Å²) in [4.78, 5) is 37.4. The van der Waals surface area contributed by atoms with E-state index in [2.05, 4.69) is 34.6 Å². The highest BCUT2D eigenvalue weighted by molar-refractivity contribution is 5.85. The molecule has 0 radical (unpaired) electrons. The molecule has 0 N–H and O–H groups in total. The monoisotopic (exact) mass is 394 g/mol. The largest absolute Gasteiger partial charge is 0.458 e. The summed E-state index contributed by atoms with van der Waals surface area (Å²) in [6, 6.07) is 0. The highest BCUT2D eigenvalue weighted by Gasteiger charge is 2.68. The van der Waals surface area contributed by atoms with Gasteiger partial charge in [-0.1, -0.05) is 34.6 Å². The molecular formula is C22H34O6. The van der Waals surface area contributed by atoms with E-state index >= 15 is 0 Å². The van der Waals surface area contributed by atoms with Gasteiger partial charge in [-0.25, -0.2) is 4.79 Å². The molecule has 2 saturated carbocycles. The summed E-state index contributed by atoms with van der Waals surface area (Å²) >= 11 is 0. The van der Waals surface area contributed by atoms with Crippen LogP contribution in [0.5, 0.6) is 0 Å². The van der Waals surface area contributed by atoms with Crippen LogP contribution in [-0.4, -0.2) is 35.7 Å². The molecule has 0 amide bonds. The van der Waals surface area contributed by atoms with Gasteiger partial charge in [0.1, 0.15) is 11.7 Å². The molecule has 1 saturated heterocycles. The number of carbonyl (C=O) groups excluding carboxylic acids is 3. The Bertz CT molecular complexity index is 690. The van der Waals surface area contributed by atoms with Crippen molar-refractivity contribution >= 4 is 17.9 Å². The normalized spacial score (nSPS) is 37.0. The summed E-state index contributed by atoms with van der Waals surface area (Å²) in [6.45, 7) is 13.8. The second-order valence-corrected chi connectivity index (χ2v) is 11.1. The van der Waals surface area contributed by atoms with Crippen LogP contribution in [0.15, 0.2) is 0 Å². The molecule has 158 valence electrons. The highest BCUT2D eigenvalue weighted by atomic mass is 16.6. The minimum atomic E-state index is -0.993. The SMILES string of the molecule is CC(OC(=O)C1(CC(C)(C)C)CC1(C)C)C(=O)OC1(C)CCC2CC1OC2=O. The minimum Gasteiger partial charge on any atom is -0.458 e. The molecule has 0 spiro atoms. The van der Waals surface area contributed by atoms with Gasteiger partial charge in [0.25, 0.3) is 0 Å². The van der Waals surface area contributed by atoms with Gasteiger partial charge in [0.15, 0.2) is 6.10 Å². The van der Waals surface area contributed by atoms with Gasteiger partial charge in [0.2, 0.25) is 0 Å². The fourth-order valence-electron chi connectivity index (χ4n) is 4.96. The van der Waals surface area contributed by atoms with E-state index in [0.717, 1.165) is 6.42 Å². The fraction of sp³-hybridized carbons (Fsp3) is 0.864. The number of esters is 3. The Morgan fingerprint density at radius 3 is 2.39 bits per heavy atom. The molecule has 3 aliphatic rings. The highest BCUT2D eigenvalue weighted by Crippen LogP contribution is 2.68. The Morgan fingerprint density at radius 1 is 1.25 bits per heavy atom. The summed E-state index contributed by atoms with van der Waals surface area (Å²) in [5.41, 5.74) is -1.57. The summed E-state index contributed by atoms with van der Waals surface area (Å²) in [6.07, 6.45) is 1.87. The van der Waals surface area contributed by atoms with Crippen LogP contribution in [0.3, 0.4) is 0 Å². The van der Waals surface area contributed by atoms with Crippen LogP contribution in [0, 0.1) is 22.2 Å². The first-order valence-electron chi connectivity index (χ1n) is 10.3. The first-order chi connectivity index (χ1) is 12.7. The Morgan fingerprint density at radius 2 is 1.86 bits per heavy atom. The second-order valence-electron chi connectivity index (χ2n) is 11.1. The number of fused-ring (bicyclic) bond motifs is 2. The number of ether oxygens (including phenoxy) is 3. The van der Waals surface area contributed by atoms with E-state index in [1.54, 1.807) is 13.8 Å². The third-order valence-electron chi connectivity index (χ3n) is 6.85. The molecule has 1 aliphatic heterocycles. The maximum atomic E-state index is 13.0. The average Bonchev–Trinajstić information content (AvgIpc) is 2.92. The molecule has 6 heteroatoms. The Kier molecular flexibility index (Phi) is 4.87. The van der Waals surface area contributed by atoms with Crippen LogP contribution in [0.1, 0.15) is 80.6 Å². The molecule has 2 aliphatic carbocycles. The van der Waals surface area contributed by atoms with Crippen LogP contribution >= 0.6 is 0 Å². The molecule has 1 heterocycles. The van der Waals surface area contributed by atoms with Crippen LogP contribution in [0.25, 0.3) is 0 Å². The van der Waals surface area contributed by atoms with E-state index in [9.17, 15) is 14.4 Å². The third kappa shape index (κ3) is 3.67. The van der Waals surface area contributed by atoms with E-state index in [-0.39, 0.29) is 28.7 Å². The smallest absolute Gasteiger partial charge is 0.347 e. The number of hydrogen-bond donors (Lipinski definition) is 0. The predicted molar refractivity (Wildman–Crippen MR) is 102 cm³/mol. The third-order valence-corrected chi connectivity index (χ3v) is 6.85. The van der Waals surface area contributed by atoms with Crippen LogP contribution in [-0.2, 0) is 28.6 Å². The van der Waals surface area contributed by atoms with Crippen molar-refractivity contribution < 1.29 is 28.6 Å². The zero-order valence-corrected chi connectivity index (χ0v) is 18.2. The maximum Gasteiger partial charge on any atom is 0.347 e. The zero-order chi connectivity index (χ0) is 21.1. The molecule has 5 unspecified atom stereocenters. The molecule has 6 nitrogen and oxygen atoms in total. The van der Waals surface area contributed by atoms with Crippen LogP contribution in [0.2, 0.25) is 0 Å². The molecule has 5 atom stereocenters. The standard InChI is InChI=1S/C22H34O6/c1-13(26-18(25)22(11-19(2,3)4)12-20(22,5)6)16(23)28-21(7)9-8-14-10-15(21)27-17(14)24/h13-15H,8-12H2,1-7H3. The van der Waals surface area contributed by atoms with Crippen molar-refractivity contribution in [2.45, 2.75) is 98.4 Å². The van der Waals surface area contributed by atoms with Crippen molar-refractivity contribution in [3.05, 3.63) is 0 Å². The Labute approximate surface area is 167 Å². The van der Waals surface area contributed by atoms with Gasteiger partial charge in [-0.2, -0.15) is 0 Å². The molecule has 3 rings (SSSR count). The summed E-state index contributed by atoms with van der Waals surface area (Å²) in [7, 11) is 0. The van der Waals surface area contributed by atoms with Crippen molar-refractivity contribution in [1.29, 1.82) is 0 Å². The first-order valence-corrected chi connectivity index (χ1v) is 10.3. The predicted octanol–water partition coefficient (Wildman–Crippen LogP) is 3.80. The maximum absolute atomic E-state index is 13.0. The zero-order valence-electron chi connectivity index (χ0n) is 18.2.